The van der Waals surface area contributed by atoms with Crippen molar-refractivity contribution in [2.24, 2.45) is 11.1 Å². The van der Waals surface area contributed by atoms with Gasteiger partial charge in [-0.05, 0) is 36.4 Å². The predicted octanol–water partition coefficient (Wildman–Crippen LogP) is 2.55. The molecule has 0 bridgehead atoms. The minimum Gasteiger partial charge on any atom is -0.481 e. The molecule has 0 saturated heterocycles. The number of hydrogen-bond acceptors (Lipinski definition) is 3. The second-order valence-corrected chi connectivity index (χ2v) is 6.22. The Kier molecular flexibility index (Phi) is 5.55. The van der Waals surface area contributed by atoms with Crippen LogP contribution >= 0.6 is 0 Å². The number of amides is 1. The van der Waals surface area contributed by atoms with Gasteiger partial charge in [0.25, 0.3) is 0 Å². The van der Waals surface area contributed by atoms with E-state index in [4.69, 9.17) is 10.8 Å². The number of nitrogens with two attached hydrogens (primary N) is 1. The van der Waals surface area contributed by atoms with Gasteiger partial charge in [0.15, 0.2) is 0 Å². The number of benzene rings is 1. The number of nitrogens with one attached hydrogen (secondary N) is 1. The largest absolute Gasteiger partial charge is 0.481 e. The molecule has 0 unspecified atom stereocenters. The fraction of sp³-hybridized carbons (Fsp3) is 0.529. The number of carboxylic acids is 1. The minimum atomic E-state index is -0.910. The summed E-state index contributed by atoms with van der Waals surface area (Å²) >= 11 is 0. The maximum Gasteiger partial charge on any atom is 0.307 e. The smallest absolute Gasteiger partial charge is 0.307 e. The number of carbonyl (C=O) groups is 2. The number of para-hydroxylation sites is 1. The van der Waals surface area contributed by atoms with E-state index in [-0.39, 0.29) is 17.7 Å². The molecular formula is C17H24N2O3. The first-order valence-corrected chi connectivity index (χ1v) is 7.84. The molecule has 5 nitrogen and oxygen atoms in total. The van der Waals surface area contributed by atoms with Crippen molar-refractivity contribution in [3.63, 3.8) is 0 Å². The van der Waals surface area contributed by atoms with Crippen molar-refractivity contribution < 1.29 is 14.7 Å². The van der Waals surface area contributed by atoms with Gasteiger partial charge < -0.3 is 16.2 Å². The summed E-state index contributed by atoms with van der Waals surface area (Å²) in [5.74, 6) is -0.988. The topological polar surface area (TPSA) is 92.4 Å². The van der Waals surface area contributed by atoms with E-state index < -0.39 is 5.97 Å². The Labute approximate surface area is 130 Å². The summed E-state index contributed by atoms with van der Waals surface area (Å²) < 4.78 is 0. The minimum absolute atomic E-state index is 0.0785. The second kappa shape index (κ2) is 7.40. The molecule has 0 atom stereocenters. The lowest BCUT2D eigenvalue weighted by molar-refractivity contribution is -0.136. The second-order valence-electron chi connectivity index (χ2n) is 6.22. The highest BCUT2D eigenvalue weighted by Gasteiger charge is 2.33. The van der Waals surface area contributed by atoms with Gasteiger partial charge in [-0.15, -0.1) is 0 Å². The van der Waals surface area contributed by atoms with Crippen LogP contribution in [-0.2, 0) is 16.0 Å². The Morgan fingerprint density at radius 1 is 1.18 bits per heavy atom. The first kappa shape index (κ1) is 16.5. The number of hydrogen-bond donors (Lipinski definition) is 3. The quantitative estimate of drug-likeness (QED) is 0.753. The van der Waals surface area contributed by atoms with Crippen molar-refractivity contribution >= 4 is 17.6 Å². The van der Waals surface area contributed by atoms with Crippen LogP contribution in [0.25, 0.3) is 0 Å². The highest BCUT2D eigenvalue weighted by atomic mass is 16.4. The van der Waals surface area contributed by atoms with Crippen LogP contribution in [-0.4, -0.2) is 23.5 Å². The van der Waals surface area contributed by atoms with Gasteiger partial charge in [-0.25, -0.2) is 0 Å². The predicted molar refractivity (Wildman–Crippen MR) is 85.6 cm³/mol. The van der Waals surface area contributed by atoms with Crippen molar-refractivity contribution in [3.05, 3.63) is 29.8 Å². The van der Waals surface area contributed by atoms with E-state index in [1.807, 2.05) is 0 Å². The average molecular weight is 304 g/mol. The first-order valence-electron chi connectivity index (χ1n) is 7.84. The fourth-order valence-corrected chi connectivity index (χ4v) is 3.25. The van der Waals surface area contributed by atoms with Gasteiger partial charge in [0.05, 0.1) is 6.42 Å². The van der Waals surface area contributed by atoms with E-state index in [1.54, 1.807) is 24.3 Å². The van der Waals surface area contributed by atoms with Crippen LogP contribution in [0.2, 0.25) is 0 Å². The lowest BCUT2D eigenvalue weighted by Gasteiger charge is -2.35. The third-order valence-corrected chi connectivity index (χ3v) is 4.52. The molecule has 0 heterocycles. The highest BCUT2D eigenvalue weighted by molar-refractivity contribution is 5.92. The Morgan fingerprint density at radius 2 is 1.86 bits per heavy atom. The lowest BCUT2D eigenvalue weighted by atomic mass is 9.71. The highest BCUT2D eigenvalue weighted by Crippen LogP contribution is 2.38. The third kappa shape index (κ3) is 4.31. The maximum absolute atomic E-state index is 12.4. The van der Waals surface area contributed by atoms with Gasteiger partial charge in [0, 0.05) is 12.1 Å². The number of anilines is 1. The first-order chi connectivity index (χ1) is 10.5. The molecule has 0 spiro atoms. The molecule has 1 aliphatic carbocycles. The average Bonchev–Trinajstić information content (AvgIpc) is 2.49. The molecule has 0 radical (unpaired) electrons. The summed E-state index contributed by atoms with van der Waals surface area (Å²) in [7, 11) is 0. The molecule has 0 aliphatic heterocycles. The monoisotopic (exact) mass is 304 g/mol. The van der Waals surface area contributed by atoms with Gasteiger partial charge in [0.2, 0.25) is 5.91 Å². The molecule has 1 amide bonds. The van der Waals surface area contributed by atoms with Crippen LogP contribution in [0.4, 0.5) is 5.69 Å². The van der Waals surface area contributed by atoms with Crippen LogP contribution in [0.15, 0.2) is 24.3 Å². The molecule has 1 aromatic rings. The summed E-state index contributed by atoms with van der Waals surface area (Å²) in [5.41, 5.74) is 7.03. The Hall–Kier alpha value is -1.88. The summed E-state index contributed by atoms with van der Waals surface area (Å²) in [4.78, 5) is 23.3. The van der Waals surface area contributed by atoms with E-state index in [0.29, 0.717) is 24.2 Å². The van der Waals surface area contributed by atoms with E-state index in [1.165, 1.54) is 6.42 Å². The summed E-state index contributed by atoms with van der Waals surface area (Å²) in [6, 6.07) is 7.03. The number of aliphatic carboxylic acids is 1. The molecule has 1 fully saturated rings. The van der Waals surface area contributed by atoms with Crippen molar-refractivity contribution in [1.82, 2.24) is 0 Å². The number of carbonyl (C=O) groups excluding carboxylic acids is 1. The Morgan fingerprint density at radius 3 is 2.50 bits per heavy atom. The van der Waals surface area contributed by atoms with E-state index >= 15 is 0 Å². The van der Waals surface area contributed by atoms with Gasteiger partial charge in [-0.3, -0.25) is 9.59 Å². The summed E-state index contributed by atoms with van der Waals surface area (Å²) in [6.07, 6.45) is 5.76. The van der Waals surface area contributed by atoms with Crippen LogP contribution < -0.4 is 11.1 Å². The van der Waals surface area contributed by atoms with Crippen LogP contribution in [0.3, 0.4) is 0 Å². The van der Waals surface area contributed by atoms with Crippen molar-refractivity contribution in [2.75, 3.05) is 11.9 Å². The molecule has 1 aromatic carbocycles. The summed E-state index contributed by atoms with van der Waals surface area (Å²) in [5, 5.41) is 11.8. The number of rotatable bonds is 6. The molecule has 22 heavy (non-hydrogen) atoms. The fourth-order valence-electron chi connectivity index (χ4n) is 3.25. The standard InChI is InChI=1S/C17H24N2O3/c18-12-17(8-4-1-5-9-17)11-15(20)19-14-7-3-2-6-13(14)10-16(21)22/h2-3,6-7H,1,4-5,8-12,18H2,(H,19,20)(H,21,22). The number of carboxylic acid groups (broad SMARTS) is 1. The SMILES string of the molecule is NCC1(CC(=O)Nc2ccccc2CC(=O)O)CCCCC1. The Balaban J connectivity index is 2.04. The summed E-state index contributed by atoms with van der Waals surface area (Å²) in [6.45, 7) is 0.525. The van der Waals surface area contributed by atoms with E-state index in [0.717, 1.165) is 25.7 Å². The molecule has 120 valence electrons. The molecular weight excluding hydrogens is 280 g/mol. The zero-order valence-electron chi connectivity index (χ0n) is 12.8. The Bertz CT molecular complexity index is 536. The molecule has 5 heteroatoms. The van der Waals surface area contributed by atoms with Gasteiger partial charge in [0.1, 0.15) is 0 Å². The van der Waals surface area contributed by atoms with Crippen LogP contribution in [0, 0.1) is 5.41 Å². The van der Waals surface area contributed by atoms with Crippen molar-refractivity contribution in [2.45, 2.75) is 44.9 Å². The zero-order valence-corrected chi connectivity index (χ0v) is 12.8. The van der Waals surface area contributed by atoms with E-state index in [2.05, 4.69) is 5.32 Å². The van der Waals surface area contributed by atoms with Crippen molar-refractivity contribution in [3.8, 4) is 0 Å². The van der Waals surface area contributed by atoms with Crippen molar-refractivity contribution in [1.29, 1.82) is 0 Å². The van der Waals surface area contributed by atoms with Gasteiger partial charge >= 0.3 is 5.97 Å². The van der Waals surface area contributed by atoms with Crippen LogP contribution in [0.1, 0.15) is 44.1 Å². The van der Waals surface area contributed by atoms with E-state index in [9.17, 15) is 9.59 Å². The van der Waals surface area contributed by atoms with Crippen LogP contribution in [0.5, 0.6) is 0 Å². The zero-order chi connectivity index (χ0) is 16.0. The molecule has 1 saturated carbocycles. The maximum atomic E-state index is 12.4. The molecule has 0 aromatic heterocycles. The lowest BCUT2D eigenvalue weighted by Crippen LogP contribution is -2.36. The van der Waals surface area contributed by atoms with Gasteiger partial charge in [-0.2, -0.15) is 0 Å². The molecule has 4 N–H and O–H groups in total. The molecule has 1 aliphatic rings. The normalized spacial score (nSPS) is 17.0. The van der Waals surface area contributed by atoms with Gasteiger partial charge in [-0.1, -0.05) is 37.5 Å². The molecule has 2 rings (SSSR count). The third-order valence-electron chi connectivity index (χ3n) is 4.52.